The number of carboxylic acids is 1. The lowest BCUT2D eigenvalue weighted by molar-refractivity contribution is -0.142. The van der Waals surface area contributed by atoms with E-state index in [0.717, 1.165) is 0 Å². The van der Waals surface area contributed by atoms with Crippen molar-refractivity contribution in [1.29, 1.82) is 0 Å². The van der Waals surface area contributed by atoms with Gasteiger partial charge in [-0.05, 0) is 13.8 Å². The SMILES string of the molecule is CC(=O)NCCN(CC(C)C(=O)O)C(C)C(C)=O. The Bertz CT molecular complexity index is 317. The van der Waals surface area contributed by atoms with E-state index in [1.165, 1.54) is 13.8 Å². The number of ketones is 1. The number of nitrogens with one attached hydrogen (secondary N) is 1. The monoisotopic (exact) mass is 258 g/mol. The summed E-state index contributed by atoms with van der Waals surface area (Å²) in [6, 6.07) is -0.347. The van der Waals surface area contributed by atoms with Gasteiger partial charge in [0.15, 0.2) is 0 Å². The van der Waals surface area contributed by atoms with Gasteiger partial charge in [-0.25, -0.2) is 0 Å². The first-order valence-corrected chi connectivity index (χ1v) is 5.97. The van der Waals surface area contributed by atoms with Crippen molar-refractivity contribution in [2.75, 3.05) is 19.6 Å². The average Bonchev–Trinajstić information content (AvgIpc) is 2.25. The number of carboxylic acid groups (broad SMARTS) is 1. The molecule has 0 aliphatic carbocycles. The molecular weight excluding hydrogens is 236 g/mol. The third-order valence-electron chi connectivity index (χ3n) is 2.84. The summed E-state index contributed by atoms with van der Waals surface area (Å²) in [6.07, 6.45) is 0. The molecule has 2 atom stereocenters. The second-order valence-corrected chi connectivity index (χ2v) is 4.50. The van der Waals surface area contributed by atoms with E-state index in [4.69, 9.17) is 5.11 Å². The van der Waals surface area contributed by atoms with Crippen LogP contribution in [0.2, 0.25) is 0 Å². The summed E-state index contributed by atoms with van der Waals surface area (Å²) in [4.78, 5) is 34.7. The molecule has 2 N–H and O–H groups in total. The fourth-order valence-electron chi connectivity index (χ4n) is 1.51. The lowest BCUT2D eigenvalue weighted by atomic mass is 10.1. The van der Waals surface area contributed by atoms with E-state index in [1.807, 2.05) is 0 Å². The number of aliphatic carboxylic acids is 1. The van der Waals surface area contributed by atoms with Crippen molar-refractivity contribution in [2.24, 2.45) is 5.92 Å². The zero-order valence-electron chi connectivity index (χ0n) is 11.4. The quantitative estimate of drug-likeness (QED) is 0.646. The van der Waals surface area contributed by atoms with Gasteiger partial charge >= 0.3 is 5.97 Å². The Kier molecular flexibility index (Phi) is 7.19. The Hall–Kier alpha value is -1.43. The molecule has 104 valence electrons. The van der Waals surface area contributed by atoms with E-state index in [-0.39, 0.29) is 24.3 Å². The molecule has 6 heteroatoms. The molecule has 0 radical (unpaired) electrons. The Morgan fingerprint density at radius 1 is 1.22 bits per heavy atom. The highest BCUT2D eigenvalue weighted by Crippen LogP contribution is 2.06. The third-order valence-corrected chi connectivity index (χ3v) is 2.84. The molecule has 0 heterocycles. The molecule has 6 nitrogen and oxygen atoms in total. The standard InChI is InChI=1S/C12H22N2O4/c1-8(12(17)18)7-14(9(2)10(3)15)6-5-13-11(4)16/h8-9H,5-7H2,1-4H3,(H,13,16)(H,17,18). The predicted molar refractivity (Wildman–Crippen MR) is 67.2 cm³/mol. The number of amides is 1. The minimum absolute atomic E-state index is 0.0181. The molecule has 0 aromatic heterocycles. The molecule has 0 aliphatic heterocycles. The molecule has 18 heavy (non-hydrogen) atoms. The van der Waals surface area contributed by atoms with Gasteiger partial charge in [-0.3, -0.25) is 19.3 Å². The molecule has 0 saturated heterocycles. The predicted octanol–water partition coefficient (Wildman–Crippen LogP) is 0.123. The van der Waals surface area contributed by atoms with E-state index < -0.39 is 11.9 Å². The topological polar surface area (TPSA) is 86.7 Å². The van der Waals surface area contributed by atoms with Gasteiger partial charge < -0.3 is 10.4 Å². The van der Waals surface area contributed by atoms with Crippen LogP contribution in [0.3, 0.4) is 0 Å². The molecule has 2 unspecified atom stereocenters. The van der Waals surface area contributed by atoms with Gasteiger partial charge in [0.25, 0.3) is 0 Å². The van der Waals surface area contributed by atoms with E-state index in [1.54, 1.807) is 18.7 Å². The van der Waals surface area contributed by atoms with Crippen molar-refractivity contribution in [3.8, 4) is 0 Å². The zero-order chi connectivity index (χ0) is 14.3. The van der Waals surface area contributed by atoms with Crippen molar-refractivity contribution >= 4 is 17.7 Å². The van der Waals surface area contributed by atoms with Crippen molar-refractivity contribution < 1.29 is 19.5 Å². The summed E-state index contributed by atoms with van der Waals surface area (Å²) in [6.45, 7) is 7.37. The first-order valence-electron chi connectivity index (χ1n) is 5.97. The fourth-order valence-corrected chi connectivity index (χ4v) is 1.51. The summed E-state index contributed by atoms with van der Waals surface area (Å²) >= 11 is 0. The van der Waals surface area contributed by atoms with Crippen molar-refractivity contribution in [1.82, 2.24) is 10.2 Å². The lowest BCUT2D eigenvalue weighted by Gasteiger charge is -2.28. The number of carbonyl (C=O) groups excluding carboxylic acids is 2. The van der Waals surface area contributed by atoms with Gasteiger partial charge in [0.2, 0.25) is 5.91 Å². The largest absolute Gasteiger partial charge is 0.481 e. The van der Waals surface area contributed by atoms with Gasteiger partial charge in [-0.1, -0.05) is 6.92 Å². The summed E-state index contributed by atoms with van der Waals surface area (Å²) in [5.74, 6) is -1.61. The first kappa shape index (κ1) is 16.6. The van der Waals surface area contributed by atoms with Crippen molar-refractivity contribution in [3.05, 3.63) is 0 Å². The Balaban J connectivity index is 4.47. The molecule has 0 aliphatic rings. The molecule has 0 spiro atoms. The van der Waals surface area contributed by atoms with Crippen molar-refractivity contribution in [2.45, 2.75) is 33.7 Å². The van der Waals surface area contributed by atoms with Crippen LogP contribution in [0, 0.1) is 5.92 Å². The average molecular weight is 258 g/mol. The maximum atomic E-state index is 11.4. The number of hydrogen-bond donors (Lipinski definition) is 2. The molecule has 1 amide bonds. The summed E-state index contributed by atoms with van der Waals surface area (Å²) in [7, 11) is 0. The van der Waals surface area contributed by atoms with Crippen LogP contribution in [-0.4, -0.2) is 53.3 Å². The highest BCUT2D eigenvalue weighted by molar-refractivity contribution is 5.81. The summed E-state index contributed by atoms with van der Waals surface area (Å²) in [5, 5.41) is 11.5. The molecule has 0 bridgehead atoms. The Morgan fingerprint density at radius 3 is 2.17 bits per heavy atom. The van der Waals surface area contributed by atoms with Gasteiger partial charge in [0.1, 0.15) is 5.78 Å². The summed E-state index contributed by atoms with van der Waals surface area (Å²) < 4.78 is 0. The minimum Gasteiger partial charge on any atom is -0.481 e. The van der Waals surface area contributed by atoms with E-state index >= 15 is 0 Å². The third kappa shape index (κ3) is 6.34. The maximum absolute atomic E-state index is 11.4. The molecule has 0 aromatic carbocycles. The van der Waals surface area contributed by atoms with Crippen LogP contribution in [0.15, 0.2) is 0 Å². The zero-order valence-corrected chi connectivity index (χ0v) is 11.4. The summed E-state index contributed by atoms with van der Waals surface area (Å²) in [5.41, 5.74) is 0. The van der Waals surface area contributed by atoms with E-state index in [0.29, 0.717) is 13.1 Å². The molecule has 0 fully saturated rings. The molecular formula is C12H22N2O4. The normalized spacial score (nSPS) is 14.1. The van der Waals surface area contributed by atoms with Gasteiger partial charge in [-0.15, -0.1) is 0 Å². The maximum Gasteiger partial charge on any atom is 0.307 e. The number of hydrogen-bond acceptors (Lipinski definition) is 4. The fraction of sp³-hybridized carbons (Fsp3) is 0.750. The van der Waals surface area contributed by atoms with Gasteiger partial charge in [-0.2, -0.15) is 0 Å². The molecule has 0 rings (SSSR count). The number of Topliss-reactive ketones (excluding diaryl/α,β-unsaturated/α-hetero) is 1. The first-order chi connectivity index (χ1) is 8.25. The smallest absolute Gasteiger partial charge is 0.307 e. The van der Waals surface area contributed by atoms with Gasteiger partial charge in [0.05, 0.1) is 12.0 Å². The molecule has 0 aromatic rings. The lowest BCUT2D eigenvalue weighted by Crippen LogP contribution is -2.45. The number of rotatable bonds is 8. The Morgan fingerprint density at radius 2 is 1.78 bits per heavy atom. The second kappa shape index (κ2) is 7.81. The highest BCUT2D eigenvalue weighted by atomic mass is 16.4. The molecule has 0 saturated carbocycles. The van der Waals surface area contributed by atoms with Crippen LogP contribution >= 0.6 is 0 Å². The van der Waals surface area contributed by atoms with Crippen LogP contribution < -0.4 is 5.32 Å². The van der Waals surface area contributed by atoms with Crippen LogP contribution in [0.1, 0.15) is 27.7 Å². The van der Waals surface area contributed by atoms with Crippen molar-refractivity contribution in [3.63, 3.8) is 0 Å². The number of carbonyl (C=O) groups is 3. The highest BCUT2D eigenvalue weighted by Gasteiger charge is 2.22. The van der Waals surface area contributed by atoms with Crippen LogP contribution in [0.5, 0.6) is 0 Å². The van der Waals surface area contributed by atoms with Crippen LogP contribution in [-0.2, 0) is 14.4 Å². The van der Waals surface area contributed by atoms with Crippen LogP contribution in [0.25, 0.3) is 0 Å². The second-order valence-electron chi connectivity index (χ2n) is 4.50. The van der Waals surface area contributed by atoms with E-state index in [2.05, 4.69) is 5.32 Å². The Labute approximate surface area is 107 Å². The van der Waals surface area contributed by atoms with Gasteiger partial charge in [0, 0.05) is 26.6 Å². The number of nitrogens with zero attached hydrogens (tertiary/aromatic N) is 1. The van der Waals surface area contributed by atoms with E-state index in [9.17, 15) is 14.4 Å². The minimum atomic E-state index is -0.893. The van der Waals surface area contributed by atoms with Crippen LogP contribution in [0.4, 0.5) is 0 Å².